The van der Waals surface area contributed by atoms with Crippen molar-refractivity contribution in [2.45, 2.75) is 16.4 Å². The van der Waals surface area contributed by atoms with Crippen molar-refractivity contribution in [1.29, 1.82) is 0 Å². The van der Waals surface area contributed by atoms with E-state index in [2.05, 4.69) is 9.72 Å². The van der Waals surface area contributed by atoms with Crippen molar-refractivity contribution in [2.24, 2.45) is 0 Å². The number of rotatable bonds is 3. The molecule has 2 heterocycles. The summed E-state index contributed by atoms with van der Waals surface area (Å²) in [4.78, 5) is 15.1. The first-order valence-corrected chi connectivity index (χ1v) is 7.58. The fourth-order valence-electron chi connectivity index (χ4n) is 1.70. The minimum Gasteiger partial charge on any atom is -0.464 e. The molecule has 0 aromatic carbocycles. The summed E-state index contributed by atoms with van der Waals surface area (Å²) < 4.78 is 29.7. The lowest BCUT2D eigenvalue weighted by Gasteiger charge is -2.14. The Bertz CT molecular complexity index is 573. The lowest BCUT2D eigenvalue weighted by atomic mass is 10.3. The lowest BCUT2D eigenvalue weighted by Crippen LogP contribution is -2.30. The first kappa shape index (κ1) is 14.3. The third-order valence-corrected chi connectivity index (χ3v) is 5.89. The minimum atomic E-state index is -3.98. The summed E-state index contributed by atoms with van der Waals surface area (Å²) in [5.74, 6) is -0.847. The molecule has 8 nitrogen and oxygen atoms in total. The second-order valence-electron chi connectivity index (χ2n) is 3.94. The summed E-state index contributed by atoms with van der Waals surface area (Å²) in [7, 11) is -2.85. The monoisotopic (exact) mass is 308 g/mol. The number of β-amino-alcohol motifs (C(OH)–C–C–N with tert-alkyl or cyclic N) is 2. The highest BCUT2D eigenvalue weighted by Crippen LogP contribution is 2.27. The summed E-state index contributed by atoms with van der Waals surface area (Å²) in [6.45, 7) is -0.440. The number of hydrogen-bond acceptors (Lipinski definition) is 8. The van der Waals surface area contributed by atoms with Gasteiger partial charge in [-0.3, -0.25) is 0 Å². The molecular weight excluding hydrogens is 296 g/mol. The van der Waals surface area contributed by atoms with E-state index in [0.717, 1.165) is 22.8 Å². The molecule has 0 radical (unpaired) electrons. The summed E-state index contributed by atoms with van der Waals surface area (Å²) in [6, 6.07) is 0. The molecule has 1 saturated heterocycles. The number of aromatic nitrogens is 1. The molecule has 0 saturated carbocycles. The van der Waals surface area contributed by atoms with Gasteiger partial charge in [0.05, 0.1) is 24.8 Å². The minimum absolute atomic E-state index is 0.220. The zero-order valence-corrected chi connectivity index (χ0v) is 11.5. The standard InChI is InChI=1S/C9H12N2O6S2/c1-17-8(14)7-9(18-4-10-7)19(15,16)11-2-5(12)6(13)3-11/h4-6,12-13H,2-3H2,1H3. The van der Waals surface area contributed by atoms with E-state index in [4.69, 9.17) is 0 Å². The molecular formula is C9H12N2O6S2. The molecule has 106 valence electrons. The van der Waals surface area contributed by atoms with Crippen LogP contribution in [-0.2, 0) is 14.8 Å². The van der Waals surface area contributed by atoms with Crippen LogP contribution in [0.1, 0.15) is 10.5 Å². The normalized spacial score (nSPS) is 24.6. The molecule has 1 aromatic rings. The molecule has 19 heavy (non-hydrogen) atoms. The number of aliphatic hydroxyl groups is 2. The number of methoxy groups -OCH3 is 1. The van der Waals surface area contributed by atoms with E-state index in [-0.39, 0.29) is 23.0 Å². The van der Waals surface area contributed by atoms with Crippen molar-refractivity contribution in [3.05, 3.63) is 11.2 Å². The van der Waals surface area contributed by atoms with Gasteiger partial charge in [0.15, 0.2) is 9.90 Å². The molecule has 0 amide bonds. The average molecular weight is 308 g/mol. The third-order valence-electron chi connectivity index (χ3n) is 2.71. The Labute approximate surface area is 113 Å². The molecule has 10 heteroatoms. The number of ether oxygens (including phenoxy) is 1. The summed E-state index contributed by atoms with van der Waals surface area (Å²) in [5.41, 5.74) is 0.936. The van der Waals surface area contributed by atoms with E-state index in [1.54, 1.807) is 0 Å². The van der Waals surface area contributed by atoms with Gasteiger partial charge in [-0.1, -0.05) is 0 Å². The van der Waals surface area contributed by atoms with Crippen LogP contribution in [0.4, 0.5) is 0 Å². The Kier molecular flexibility index (Phi) is 3.87. The third kappa shape index (κ3) is 2.49. The number of hydrogen-bond donors (Lipinski definition) is 2. The smallest absolute Gasteiger partial charge is 0.358 e. The predicted octanol–water partition coefficient (Wildman–Crippen LogP) is -1.34. The summed E-state index contributed by atoms with van der Waals surface area (Å²) in [5, 5.41) is 18.8. The Hall–Kier alpha value is -1.07. The maximum Gasteiger partial charge on any atom is 0.358 e. The predicted molar refractivity (Wildman–Crippen MR) is 64.2 cm³/mol. The van der Waals surface area contributed by atoms with Crippen LogP contribution < -0.4 is 0 Å². The van der Waals surface area contributed by atoms with Crippen molar-refractivity contribution in [3.63, 3.8) is 0 Å². The van der Waals surface area contributed by atoms with Gasteiger partial charge < -0.3 is 14.9 Å². The molecule has 2 rings (SSSR count). The molecule has 0 aliphatic carbocycles. The van der Waals surface area contributed by atoms with E-state index in [1.807, 2.05) is 0 Å². The van der Waals surface area contributed by atoms with Gasteiger partial charge in [-0.05, 0) is 0 Å². The number of esters is 1. The van der Waals surface area contributed by atoms with Crippen molar-refractivity contribution in [3.8, 4) is 0 Å². The van der Waals surface area contributed by atoms with Crippen molar-refractivity contribution in [2.75, 3.05) is 20.2 Å². The number of thiazole rings is 1. The highest BCUT2D eigenvalue weighted by molar-refractivity contribution is 7.91. The van der Waals surface area contributed by atoms with E-state index in [9.17, 15) is 23.4 Å². The van der Waals surface area contributed by atoms with Crippen LogP contribution in [0.5, 0.6) is 0 Å². The lowest BCUT2D eigenvalue weighted by molar-refractivity contribution is 0.0572. The number of aliphatic hydroxyl groups excluding tert-OH is 2. The van der Waals surface area contributed by atoms with E-state index in [1.165, 1.54) is 5.51 Å². The van der Waals surface area contributed by atoms with Crippen LogP contribution in [0.3, 0.4) is 0 Å². The highest BCUT2D eigenvalue weighted by atomic mass is 32.2. The molecule has 2 N–H and O–H groups in total. The van der Waals surface area contributed by atoms with Gasteiger partial charge >= 0.3 is 5.97 Å². The molecule has 2 atom stereocenters. The van der Waals surface area contributed by atoms with Gasteiger partial charge in [0.25, 0.3) is 10.0 Å². The van der Waals surface area contributed by atoms with Gasteiger partial charge in [-0.2, -0.15) is 4.31 Å². The van der Waals surface area contributed by atoms with Gasteiger partial charge in [-0.15, -0.1) is 11.3 Å². The summed E-state index contributed by atoms with van der Waals surface area (Å²) >= 11 is 0.785. The zero-order chi connectivity index (χ0) is 14.2. The van der Waals surface area contributed by atoms with Crippen LogP contribution >= 0.6 is 11.3 Å². The van der Waals surface area contributed by atoms with Crippen molar-refractivity contribution in [1.82, 2.24) is 9.29 Å². The van der Waals surface area contributed by atoms with Gasteiger partial charge in [0.1, 0.15) is 0 Å². The quantitative estimate of drug-likeness (QED) is 0.663. The highest BCUT2D eigenvalue weighted by Gasteiger charge is 2.40. The first-order valence-electron chi connectivity index (χ1n) is 5.26. The fraction of sp³-hybridized carbons (Fsp3) is 0.556. The van der Waals surface area contributed by atoms with E-state index in [0.29, 0.717) is 0 Å². The Balaban J connectivity index is 2.36. The first-order chi connectivity index (χ1) is 8.87. The molecule has 1 aliphatic rings. The van der Waals surface area contributed by atoms with Crippen molar-refractivity contribution >= 4 is 27.3 Å². The molecule has 0 bridgehead atoms. The largest absolute Gasteiger partial charge is 0.464 e. The second-order valence-corrected chi connectivity index (χ2v) is 6.92. The average Bonchev–Trinajstić information content (AvgIpc) is 2.97. The Morgan fingerprint density at radius 2 is 2.05 bits per heavy atom. The SMILES string of the molecule is COC(=O)c1ncsc1S(=O)(=O)N1CC(O)C(O)C1. The Morgan fingerprint density at radius 1 is 1.47 bits per heavy atom. The number of carbonyl (C=O) groups excluding carboxylic acids is 1. The van der Waals surface area contributed by atoms with E-state index >= 15 is 0 Å². The maximum atomic E-state index is 12.3. The second kappa shape index (κ2) is 5.13. The van der Waals surface area contributed by atoms with Crippen LogP contribution in [0.25, 0.3) is 0 Å². The number of nitrogens with zero attached hydrogens (tertiary/aromatic N) is 2. The van der Waals surface area contributed by atoms with Gasteiger partial charge in [0.2, 0.25) is 0 Å². The Morgan fingerprint density at radius 3 is 2.58 bits per heavy atom. The summed E-state index contributed by atoms with van der Waals surface area (Å²) in [6.07, 6.45) is -2.27. The van der Waals surface area contributed by atoms with E-state index < -0.39 is 28.2 Å². The molecule has 1 aromatic heterocycles. The van der Waals surface area contributed by atoms with Crippen LogP contribution in [0.15, 0.2) is 9.72 Å². The van der Waals surface area contributed by atoms with Gasteiger partial charge in [-0.25, -0.2) is 18.2 Å². The molecule has 1 aliphatic heterocycles. The van der Waals surface area contributed by atoms with Crippen LogP contribution in [0, 0.1) is 0 Å². The molecule has 2 unspecified atom stereocenters. The topological polar surface area (TPSA) is 117 Å². The zero-order valence-electron chi connectivity index (χ0n) is 9.88. The van der Waals surface area contributed by atoms with Crippen molar-refractivity contribution < 1.29 is 28.2 Å². The fourth-order valence-corrected chi connectivity index (χ4v) is 4.45. The van der Waals surface area contributed by atoms with Crippen LogP contribution in [-0.4, -0.2) is 66.3 Å². The molecule has 1 fully saturated rings. The van der Waals surface area contributed by atoms with Crippen LogP contribution in [0.2, 0.25) is 0 Å². The molecule has 0 spiro atoms. The van der Waals surface area contributed by atoms with Gasteiger partial charge in [0, 0.05) is 13.1 Å². The maximum absolute atomic E-state index is 12.3. The number of carbonyl (C=O) groups is 1. The number of sulfonamides is 1.